The smallest absolute Gasteiger partial charge is 0.409 e. The lowest BCUT2D eigenvalue weighted by atomic mass is 9.98. The van der Waals surface area contributed by atoms with E-state index in [4.69, 9.17) is 15.2 Å². The van der Waals surface area contributed by atoms with Gasteiger partial charge in [0.25, 0.3) is 0 Å². The number of nitrogens with two attached hydrogens (primary N) is 1. The molecular weight excluding hydrogens is 337 g/mol. The van der Waals surface area contributed by atoms with Crippen molar-refractivity contribution in [2.45, 2.75) is 43.9 Å². The summed E-state index contributed by atoms with van der Waals surface area (Å²) in [4.78, 5) is 15.7. The molecule has 0 radical (unpaired) electrons. The van der Waals surface area contributed by atoms with Crippen molar-refractivity contribution in [1.29, 1.82) is 0 Å². The molecule has 144 valence electrons. The second-order valence-corrected chi connectivity index (χ2v) is 7.01. The molecule has 1 amide bonds. The average molecular weight is 365 g/mol. The largest absolute Gasteiger partial charge is 0.453 e. The molecule has 0 aliphatic carbocycles. The second-order valence-electron chi connectivity index (χ2n) is 7.01. The van der Waals surface area contributed by atoms with Crippen molar-refractivity contribution in [1.82, 2.24) is 4.90 Å². The van der Waals surface area contributed by atoms with Gasteiger partial charge in [-0.25, -0.2) is 9.18 Å². The van der Waals surface area contributed by atoms with Crippen LogP contribution in [0.4, 0.5) is 14.9 Å². The van der Waals surface area contributed by atoms with Crippen LogP contribution >= 0.6 is 0 Å². The maximum absolute atomic E-state index is 13.9. The standard InChI is InChI=1S/C19H28FN3O3/c1-25-19(24)23-10-4-6-16(21)18(23)13-26-14-8-11-22(12-9-14)17-7-3-2-5-15(17)20/h2-3,5,7,14,16,18H,4,6,8-13,21H2,1H3/t16-,18-/m0/s1. The van der Waals surface area contributed by atoms with Crippen LogP contribution in [0, 0.1) is 5.82 Å². The Labute approximate surface area is 154 Å². The van der Waals surface area contributed by atoms with Crippen molar-refractivity contribution in [3.05, 3.63) is 30.1 Å². The molecule has 1 aromatic carbocycles. The number of carbonyl (C=O) groups is 1. The minimum atomic E-state index is -0.344. The molecule has 26 heavy (non-hydrogen) atoms. The first-order valence-electron chi connectivity index (χ1n) is 9.31. The van der Waals surface area contributed by atoms with Crippen LogP contribution in [0.2, 0.25) is 0 Å². The summed E-state index contributed by atoms with van der Waals surface area (Å²) in [6.45, 7) is 2.58. The highest BCUT2D eigenvalue weighted by Crippen LogP contribution is 2.25. The SMILES string of the molecule is COC(=O)N1CCC[C@H](N)[C@@H]1COC1CCN(c2ccccc2F)CC1. The summed E-state index contributed by atoms with van der Waals surface area (Å²) in [5.74, 6) is -0.186. The third kappa shape index (κ3) is 4.27. The summed E-state index contributed by atoms with van der Waals surface area (Å²) in [6.07, 6.45) is 3.18. The predicted molar refractivity (Wildman–Crippen MR) is 97.7 cm³/mol. The number of hydrogen-bond donors (Lipinski definition) is 1. The van der Waals surface area contributed by atoms with E-state index in [1.807, 2.05) is 12.1 Å². The minimum Gasteiger partial charge on any atom is -0.453 e. The number of likely N-dealkylation sites (tertiary alicyclic amines) is 1. The number of nitrogens with zero attached hydrogens (tertiary/aromatic N) is 2. The van der Waals surface area contributed by atoms with Gasteiger partial charge in [-0.15, -0.1) is 0 Å². The van der Waals surface area contributed by atoms with Gasteiger partial charge in [0.15, 0.2) is 0 Å². The van der Waals surface area contributed by atoms with Gasteiger partial charge in [-0.2, -0.15) is 0 Å². The van der Waals surface area contributed by atoms with Gasteiger partial charge in [0.2, 0.25) is 0 Å². The maximum Gasteiger partial charge on any atom is 0.409 e. The molecule has 0 spiro atoms. The van der Waals surface area contributed by atoms with E-state index in [9.17, 15) is 9.18 Å². The third-order valence-electron chi connectivity index (χ3n) is 5.38. The summed E-state index contributed by atoms with van der Waals surface area (Å²) in [7, 11) is 1.39. The Balaban J connectivity index is 1.51. The Bertz CT molecular complexity index is 607. The highest BCUT2D eigenvalue weighted by Gasteiger charge is 2.34. The molecule has 7 heteroatoms. The topological polar surface area (TPSA) is 68.0 Å². The molecule has 2 atom stereocenters. The number of halogens is 1. The lowest BCUT2D eigenvalue weighted by Crippen LogP contribution is -2.56. The number of methoxy groups -OCH3 is 1. The number of carbonyl (C=O) groups excluding carboxylic acids is 1. The van der Waals surface area contributed by atoms with Gasteiger partial charge >= 0.3 is 6.09 Å². The van der Waals surface area contributed by atoms with Gasteiger partial charge in [-0.3, -0.25) is 0 Å². The van der Waals surface area contributed by atoms with Gasteiger partial charge < -0.3 is 25.0 Å². The summed E-state index contributed by atoms with van der Waals surface area (Å²) in [5, 5.41) is 0. The Hall–Kier alpha value is -1.86. The van der Waals surface area contributed by atoms with Crippen LogP contribution in [0.15, 0.2) is 24.3 Å². The molecule has 2 fully saturated rings. The summed E-state index contributed by atoms with van der Waals surface area (Å²) < 4.78 is 24.9. The molecule has 1 aromatic rings. The van der Waals surface area contributed by atoms with Crippen molar-refractivity contribution in [3.8, 4) is 0 Å². The van der Waals surface area contributed by atoms with Crippen LogP contribution in [0.25, 0.3) is 0 Å². The van der Waals surface area contributed by atoms with E-state index < -0.39 is 0 Å². The Morgan fingerprint density at radius 2 is 1.96 bits per heavy atom. The Morgan fingerprint density at radius 1 is 1.23 bits per heavy atom. The van der Waals surface area contributed by atoms with Crippen molar-refractivity contribution in [2.24, 2.45) is 5.73 Å². The fourth-order valence-electron chi connectivity index (χ4n) is 3.85. The molecule has 2 heterocycles. The van der Waals surface area contributed by atoms with Crippen molar-refractivity contribution in [3.63, 3.8) is 0 Å². The Kier molecular flexibility index (Phi) is 6.32. The molecule has 0 unspecified atom stereocenters. The fourth-order valence-corrected chi connectivity index (χ4v) is 3.85. The number of hydrogen-bond acceptors (Lipinski definition) is 5. The number of piperidine rings is 2. The van der Waals surface area contributed by atoms with Crippen LogP contribution in [0.5, 0.6) is 0 Å². The molecule has 0 aromatic heterocycles. The van der Waals surface area contributed by atoms with E-state index in [1.54, 1.807) is 11.0 Å². The number of benzene rings is 1. The molecule has 2 saturated heterocycles. The minimum absolute atomic E-state index is 0.0960. The van der Waals surface area contributed by atoms with E-state index in [0.717, 1.165) is 38.8 Å². The number of anilines is 1. The third-order valence-corrected chi connectivity index (χ3v) is 5.38. The van der Waals surface area contributed by atoms with Gasteiger partial charge in [-0.1, -0.05) is 12.1 Å². The summed E-state index contributed by atoms with van der Waals surface area (Å²) >= 11 is 0. The lowest BCUT2D eigenvalue weighted by molar-refractivity contribution is -0.0163. The van der Waals surface area contributed by atoms with E-state index in [0.29, 0.717) is 18.8 Å². The monoisotopic (exact) mass is 365 g/mol. The van der Waals surface area contributed by atoms with Gasteiger partial charge in [0.1, 0.15) is 5.82 Å². The summed E-state index contributed by atoms with van der Waals surface area (Å²) in [5.41, 5.74) is 6.86. The highest BCUT2D eigenvalue weighted by atomic mass is 19.1. The number of rotatable bonds is 4. The van der Waals surface area contributed by atoms with Gasteiger partial charge in [0, 0.05) is 25.7 Å². The van der Waals surface area contributed by atoms with Crippen LogP contribution < -0.4 is 10.6 Å². The number of ether oxygens (including phenoxy) is 2. The van der Waals surface area contributed by atoms with E-state index in [2.05, 4.69) is 4.90 Å². The molecule has 2 aliphatic heterocycles. The van der Waals surface area contributed by atoms with E-state index in [1.165, 1.54) is 13.2 Å². The molecule has 0 saturated carbocycles. The Morgan fingerprint density at radius 3 is 2.65 bits per heavy atom. The molecule has 2 N–H and O–H groups in total. The molecule has 3 rings (SSSR count). The van der Waals surface area contributed by atoms with Crippen molar-refractivity contribution >= 4 is 11.8 Å². The highest BCUT2D eigenvalue weighted by molar-refractivity contribution is 5.68. The van der Waals surface area contributed by atoms with Gasteiger partial charge in [0.05, 0.1) is 31.5 Å². The molecular formula is C19H28FN3O3. The van der Waals surface area contributed by atoms with Crippen molar-refractivity contribution < 1.29 is 18.7 Å². The zero-order valence-electron chi connectivity index (χ0n) is 15.3. The van der Waals surface area contributed by atoms with Crippen molar-refractivity contribution in [2.75, 3.05) is 38.3 Å². The average Bonchev–Trinajstić information content (AvgIpc) is 2.67. The molecule has 6 nitrogen and oxygen atoms in total. The quantitative estimate of drug-likeness (QED) is 0.887. The first-order valence-corrected chi connectivity index (χ1v) is 9.31. The molecule has 0 bridgehead atoms. The molecule has 2 aliphatic rings. The van der Waals surface area contributed by atoms with Crippen LogP contribution in [-0.4, -0.2) is 62.5 Å². The van der Waals surface area contributed by atoms with Gasteiger partial charge in [-0.05, 0) is 37.8 Å². The second kappa shape index (κ2) is 8.68. The normalized spacial score (nSPS) is 24.6. The number of amides is 1. The maximum atomic E-state index is 13.9. The zero-order chi connectivity index (χ0) is 18.5. The van der Waals surface area contributed by atoms with E-state index >= 15 is 0 Å². The van der Waals surface area contributed by atoms with Crippen LogP contribution in [0.3, 0.4) is 0 Å². The fraction of sp³-hybridized carbons (Fsp3) is 0.632. The predicted octanol–water partition coefficient (Wildman–Crippen LogP) is 2.37. The first-order chi connectivity index (χ1) is 12.6. The first kappa shape index (κ1) is 18.9. The zero-order valence-corrected chi connectivity index (χ0v) is 15.3. The lowest BCUT2D eigenvalue weighted by Gasteiger charge is -2.40. The van der Waals surface area contributed by atoms with Crippen LogP contribution in [0.1, 0.15) is 25.7 Å². The van der Waals surface area contributed by atoms with E-state index in [-0.39, 0.29) is 30.1 Å². The number of para-hydroxylation sites is 1. The summed E-state index contributed by atoms with van der Waals surface area (Å²) in [6, 6.07) is 6.61. The van der Waals surface area contributed by atoms with Crippen LogP contribution in [-0.2, 0) is 9.47 Å².